The number of carbonyl (C=O) groups is 1. The molecule has 4 N–H and O–H groups in total. The molecule has 1 atom stereocenters. The van der Waals surface area contributed by atoms with Crippen molar-refractivity contribution in [1.29, 1.82) is 5.41 Å². The van der Waals surface area contributed by atoms with Gasteiger partial charge >= 0.3 is 0 Å². The van der Waals surface area contributed by atoms with E-state index in [4.69, 9.17) is 11.1 Å². The predicted molar refractivity (Wildman–Crippen MR) is 124 cm³/mol. The van der Waals surface area contributed by atoms with Crippen LogP contribution in [0.3, 0.4) is 0 Å². The number of nitrogens with two attached hydrogens (primary N) is 1. The molecule has 4 nitrogen and oxygen atoms in total. The van der Waals surface area contributed by atoms with Gasteiger partial charge in [0.1, 0.15) is 5.84 Å². The summed E-state index contributed by atoms with van der Waals surface area (Å²) in [7, 11) is 0. The molecule has 156 valence electrons. The number of amides is 1. The highest BCUT2D eigenvalue weighted by molar-refractivity contribution is 7.99. The lowest BCUT2D eigenvalue weighted by atomic mass is 10.0. The normalized spacial score (nSPS) is 11.8. The first-order chi connectivity index (χ1) is 14.1. The molecule has 0 saturated carbocycles. The molecule has 0 aliphatic heterocycles. The minimum atomic E-state index is 0.0938. The largest absolute Gasteiger partial charge is 0.384 e. The summed E-state index contributed by atoms with van der Waals surface area (Å²) in [6.07, 6.45) is 6.68. The molecule has 2 rings (SSSR count). The summed E-state index contributed by atoms with van der Waals surface area (Å²) < 4.78 is 0. The Kier molecular flexibility index (Phi) is 10.4. The molecule has 0 aliphatic rings. The van der Waals surface area contributed by atoms with E-state index in [0.717, 1.165) is 49.8 Å². The van der Waals surface area contributed by atoms with Gasteiger partial charge < -0.3 is 11.1 Å². The third-order valence-electron chi connectivity index (χ3n) is 4.85. The Hall–Kier alpha value is -2.27. The molecule has 1 amide bonds. The van der Waals surface area contributed by atoms with Gasteiger partial charge in [-0.25, -0.2) is 0 Å². The van der Waals surface area contributed by atoms with Crippen molar-refractivity contribution in [1.82, 2.24) is 5.32 Å². The standard InChI is InChI=1S/C24H33N3OS/c1-2-3-10-21(18-29-22-11-5-4-6-12-22)27-23(28)13-8-7-9-19-14-16-20(17-15-19)24(25)26/h4-6,11-12,14-17,21H,2-3,7-10,13,18H2,1H3,(H3,25,26)(H,27,28). The number of carbonyl (C=O) groups excluding carboxylic acids is 1. The predicted octanol–water partition coefficient (Wildman–Crippen LogP) is 5.15. The fourth-order valence-electron chi connectivity index (χ4n) is 3.13. The molecule has 2 aromatic rings. The monoisotopic (exact) mass is 411 g/mol. The maximum absolute atomic E-state index is 12.4. The Morgan fingerprint density at radius 2 is 1.79 bits per heavy atom. The minimum Gasteiger partial charge on any atom is -0.384 e. The SMILES string of the molecule is CCCCC(CSc1ccccc1)NC(=O)CCCCc1ccc(C(=N)N)cc1. The molecule has 0 radical (unpaired) electrons. The quantitative estimate of drug-likeness (QED) is 0.185. The highest BCUT2D eigenvalue weighted by Gasteiger charge is 2.12. The van der Waals surface area contributed by atoms with Gasteiger partial charge in [0, 0.05) is 28.7 Å². The van der Waals surface area contributed by atoms with E-state index in [1.165, 1.54) is 10.5 Å². The summed E-state index contributed by atoms with van der Waals surface area (Å²) in [6.45, 7) is 2.19. The van der Waals surface area contributed by atoms with Crippen LogP contribution in [0.25, 0.3) is 0 Å². The molecule has 5 heteroatoms. The second-order valence-corrected chi connectivity index (χ2v) is 8.44. The summed E-state index contributed by atoms with van der Waals surface area (Å²) in [4.78, 5) is 13.7. The van der Waals surface area contributed by atoms with Crippen molar-refractivity contribution < 1.29 is 4.79 Å². The average molecular weight is 412 g/mol. The zero-order chi connectivity index (χ0) is 20.9. The Morgan fingerprint density at radius 1 is 1.07 bits per heavy atom. The van der Waals surface area contributed by atoms with Gasteiger partial charge in [0.05, 0.1) is 0 Å². The number of nitrogen functional groups attached to an aromatic ring is 1. The van der Waals surface area contributed by atoms with Gasteiger partial charge in [0.15, 0.2) is 0 Å². The van der Waals surface area contributed by atoms with Crippen LogP contribution in [-0.4, -0.2) is 23.5 Å². The van der Waals surface area contributed by atoms with Gasteiger partial charge in [-0.15, -0.1) is 11.8 Å². The summed E-state index contributed by atoms with van der Waals surface area (Å²) in [5.41, 5.74) is 7.45. The lowest BCUT2D eigenvalue weighted by Gasteiger charge is -2.18. The van der Waals surface area contributed by atoms with Crippen molar-refractivity contribution in [2.75, 3.05) is 5.75 Å². The number of unbranched alkanes of at least 4 members (excludes halogenated alkanes) is 2. The van der Waals surface area contributed by atoms with E-state index in [9.17, 15) is 4.79 Å². The van der Waals surface area contributed by atoms with E-state index in [2.05, 4.69) is 36.5 Å². The number of hydrogen-bond acceptors (Lipinski definition) is 3. The second-order valence-electron chi connectivity index (χ2n) is 7.35. The molecule has 2 aromatic carbocycles. The molecule has 0 aromatic heterocycles. The van der Waals surface area contributed by atoms with Crippen LogP contribution in [0.4, 0.5) is 0 Å². The summed E-state index contributed by atoms with van der Waals surface area (Å²) >= 11 is 1.81. The number of rotatable bonds is 13. The van der Waals surface area contributed by atoms with Crippen LogP contribution in [-0.2, 0) is 11.2 Å². The van der Waals surface area contributed by atoms with Crippen molar-refractivity contribution in [2.45, 2.75) is 62.8 Å². The number of nitrogens with one attached hydrogen (secondary N) is 2. The first-order valence-corrected chi connectivity index (χ1v) is 11.5. The molecule has 0 heterocycles. The zero-order valence-electron chi connectivity index (χ0n) is 17.3. The summed E-state index contributed by atoms with van der Waals surface area (Å²) in [5.74, 6) is 1.17. The van der Waals surface area contributed by atoms with Gasteiger partial charge in [-0.3, -0.25) is 10.2 Å². The molecule has 0 aliphatic carbocycles. The number of amidine groups is 1. The first-order valence-electron chi connectivity index (χ1n) is 10.5. The molecule has 0 bridgehead atoms. The van der Waals surface area contributed by atoms with E-state index in [0.29, 0.717) is 6.42 Å². The Balaban J connectivity index is 1.70. The van der Waals surface area contributed by atoms with Gasteiger partial charge in [-0.05, 0) is 43.4 Å². The maximum atomic E-state index is 12.4. The van der Waals surface area contributed by atoms with E-state index in [-0.39, 0.29) is 17.8 Å². The van der Waals surface area contributed by atoms with Crippen LogP contribution < -0.4 is 11.1 Å². The van der Waals surface area contributed by atoms with Crippen molar-refractivity contribution >= 4 is 23.5 Å². The maximum Gasteiger partial charge on any atom is 0.220 e. The highest BCUT2D eigenvalue weighted by atomic mass is 32.2. The van der Waals surface area contributed by atoms with Crippen LogP contribution >= 0.6 is 11.8 Å². The highest BCUT2D eigenvalue weighted by Crippen LogP contribution is 2.20. The molecular formula is C24H33N3OS. The molecule has 0 fully saturated rings. The van der Waals surface area contributed by atoms with Crippen molar-refractivity contribution in [3.8, 4) is 0 Å². The first kappa shape index (κ1) is 23.0. The van der Waals surface area contributed by atoms with E-state index in [1.807, 2.05) is 42.1 Å². The van der Waals surface area contributed by atoms with Crippen molar-refractivity contribution in [2.24, 2.45) is 5.73 Å². The molecule has 1 unspecified atom stereocenters. The van der Waals surface area contributed by atoms with Crippen molar-refractivity contribution in [3.63, 3.8) is 0 Å². The average Bonchev–Trinajstić information content (AvgIpc) is 2.74. The topological polar surface area (TPSA) is 79.0 Å². The fraction of sp³-hybridized carbons (Fsp3) is 0.417. The molecule has 0 spiro atoms. The van der Waals surface area contributed by atoms with Crippen LogP contribution in [0.15, 0.2) is 59.5 Å². The summed E-state index contributed by atoms with van der Waals surface area (Å²) in [6, 6.07) is 18.4. The van der Waals surface area contributed by atoms with E-state index < -0.39 is 0 Å². The lowest BCUT2D eigenvalue weighted by Crippen LogP contribution is -2.36. The number of hydrogen-bond donors (Lipinski definition) is 3. The van der Waals surface area contributed by atoms with Crippen molar-refractivity contribution in [3.05, 3.63) is 65.7 Å². The lowest BCUT2D eigenvalue weighted by molar-refractivity contribution is -0.121. The Labute approximate surface area is 179 Å². The Bertz CT molecular complexity index is 746. The van der Waals surface area contributed by atoms with Gasteiger partial charge in [-0.2, -0.15) is 0 Å². The third-order valence-corrected chi connectivity index (χ3v) is 6.02. The van der Waals surface area contributed by atoms with E-state index >= 15 is 0 Å². The van der Waals surface area contributed by atoms with Gasteiger partial charge in [-0.1, -0.05) is 62.2 Å². The minimum absolute atomic E-state index is 0.0938. The van der Waals surface area contributed by atoms with Crippen LogP contribution in [0.1, 0.15) is 56.6 Å². The van der Waals surface area contributed by atoms with Gasteiger partial charge in [0.2, 0.25) is 5.91 Å². The van der Waals surface area contributed by atoms with Crippen LogP contribution in [0.2, 0.25) is 0 Å². The number of aryl methyl sites for hydroxylation is 1. The number of benzene rings is 2. The second kappa shape index (κ2) is 13.0. The number of thioether (sulfide) groups is 1. The van der Waals surface area contributed by atoms with Crippen LogP contribution in [0, 0.1) is 5.41 Å². The molecule has 29 heavy (non-hydrogen) atoms. The zero-order valence-corrected chi connectivity index (χ0v) is 18.1. The van der Waals surface area contributed by atoms with E-state index in [1.54, 1.807) is 0 Å². The van der Waals surface area contributed by atoms with Crippen LogP contribution in [0.5, 0.6) is 0 Å². The molecular weight excluding hydrogens is 378 g/mol. The smallest absolute Gasteiger partial charge is 0.220 e. The third kappa shape index (κ3) is 9.18. The fourth-order valence-corrected chi connectivity index (χ4v) is 4.12. The molecule has 0 saturated heterocycles. The van der Waals surface area contributed by atoms with Gasteiger partial charge in [0.25, 0.3) is 0 Å². The Morgan fingerprint density at radius 3 is 2.45 bits per heavy atom. The summed E-state index contributed by atoms with van der Waals surface area (Å²) in [5, 5.41) is 10.7.